The van der Waals surface area contributed by atoms with Gasteiger partial charge in [0, 0.05) is 5.69 Å². The van der Waals surface area contributed by atoms with Crippen LogP contribution in [0.15, 0.2) is 60.0 Å². The Morgan fingerprint density at radius 3 is 2.73 bits per heavy atom. The maximum Gasteiger partial charge on any atom is 0.265 e. The van der Waals surface area contributed by atoms with E-state index in [4.69, 9.17) is 18.9 Å². The number of rotatable bonds is 9. The Labute approximate surface area is 177 Å². The molecule has 1 unspecified atom stereocenters. The van der Waals surface area contributed by atoms with E-state index in [1.165, 1.54) is 11.3 Å². The molecule has 0 radical (unpaired) electrons. The van der Waals surface area contributed by atoms with Crippen LogP contribution in [0.1, 0.15) is 15.2 Å². The number of anilines is 1. The van der Waals surface area contributed by atoms with Crippen LogP contribution in [0.3, 0.4) is 0 Å². The highest BCUT2D eigenvalue weighted by atomic mass is 32.1. The number of amides is 1. The van der Waals surface area contributed by atoms with E-state index in [-0.39, 0.29) is 25.9 Å². The van der Waals surface area contributed by atoms with Crippen molar-refractivity contribution in [1.29, 1.82) is 0 Å². The van der Waals surface area contributed by atoms with Gasteiger partial charge in [-0.25, -0.2) is 0 Å². The highest BCUT2D eigenvalue weighted by Crippen LogP contribution is 2.32. The lowest BCUT2D eigenvalue weighted by atomic mass is 10.2. The molecule has 0 bridgehead atoms. The molecule has 1 aromatic heterocycles. The van der Waals surface area contributed by atoms with Crippen molar-refractivity contribution in [1.82, 2.24) is 0 Å². The molecule has 1 aliphatic rings. The topological polar surface area (TPSA) is 86.3 Å². The highest BCUT2D eigenvalue weighted by molar-refractivity contribution is 7.12. The van der Waals surface area contributed by atoms with Crippen LogP contribution in [0.25, 0.3) is 0 Å². The number of hydrogen-bond acceptors (Lipinski definition) is 7. The van der Waals surface area contributed by atoms with E-state index in [0.29, 0.717) is 28.7 Å². The summed E-state index contributed by atoms with van der Waals surface area (Å²) in [6.45, 7) is 0.829. The first-order chi connectivity index (χ1) is 14.7. The van der Waals surface area contributed by atoms with E-state index in [0.717, 1.165) is 11.3 Å². The monoisotopic (exact) mass is 427 g/mol. The summed E-state index contributed by atoms with van der Waals surface area (Å²) in [4.78, 5) is 12.7. The van der Waals surface area contributed by atoms with Crippen LogP contribution in [0.2, 0.25) is 0 Å². The van der Waals surface area contributed by atoms with E-state index in [1.807, 2.05) is 29.6 Å². The van der Waals surface area contributed by atoms with E-state index >= 15 is 0 Å². The summed E-state index contributed by atoms with van der Waals surface area (Å²) < 4.78 is 21.7. The van der Waals surface area contributed by atoms with Gasteiger partial charge in [-0.15, -0.1) is 11.3 Å². The molecule has 3 aromatic rings. The summed E-state index contributed by atoms with van der Waals surface area (Å²) in [5.74, 6) is 1.88. The summed E-state index contributed by atoms with van der Waals surface area (Å²) in [7, 11) is 0. The van der Waals surface area contributed by atoms with Gasteiger partial charge in [0.05, 0.1) is 18.1 Å². The summed E-state index contributed by atoms with van der Waals surface area (Å²) in [6.07, 6.45) is -0.766. The van der Waals surface area contributed by atoms with Crippen LogP contribution in [-0.2, 0) is 11.3 Å². The van der Waals surface area contributed by atoms with Gasteiger partial charge in [-0.1, -0.05) is 12.1 Å². The molecule has 8 heteroatoms. The number of thiophene rings is 1. The molecule has 156 valence electrons. The minimum atomic E-state index is -0.766. The predicted molar refractivity (Wildman–Crippen MR) is 112 cm³/mol. The Hall–Kier alpha value is -3.07. The van der Waals surface area contributed by atoms with Crippen LogP contribution in [0, 0.1) is 0 Å². The zero-order valence-electron chi connectivity index (χ0n) is 16.1. The molecule has 2 aromatic carbocycles. The van der Waals surface area contributed by atoms with E-state index in [9.17, 15) is 9.90 Å². The number of carbonyl (C=O) groups excluding carboxylic acids is 1. The predicted octanol–water partition coefficient (Wildman–Crippen LogP) is 3.69. The van der Waals surface area contributed by atoms with Crippen LogP contribution in [0.5, 0.6) is 17.2 Å². The Morgan fingerprint density at radius 2 is 1.93 bits per heavy atom. The fourth-order valence-corrected chi connectivity index (χ4v) is 3.44. The Bertz CT molecular complexity index is 974. The van der Waals surface area contributed by atoms with E-state index in [1.54, 1.807) is 30.3 Å². The molecule has 0 fully saturated rings. The Morgan fingerprint density at radius 1 is 1.10 bits per heavy atom. The van der Waals surface area contributed by atoms with Gasteiger partial charge in [-0.3, -0.25) is 4.79 Å². The molecule has 1 atom stereocenters. The second-order valence-electron chi connectivity index (χ2n) is 6.62. The normalized spacial score (nSPS) is 13.1. The molecule has 2 N–H and O–H groups in total. The number of aliphatic hydroxyl groups excluding tert-OH is 1. The number of ether oxygens (including phenoxy) is 4. The Balaban J connectivity index is 1.17. The minimum Gasteiger partial charge on any atom is -0.491 e. The molecule has 7 nitrogen and oxygen atoms in total. The SMILES string of the molecule is O=C(Nc1ccc(OCC(O)COCc2ccc3c(c2)OCO3)cc1)c1cccs1. The van der Waals surface area contributed by atoms with Gasteiger partial charge in [-0.05, 0) is 53.4 Å². The van der Waals surface area contributed by atoms with Crippen LogP contribution >= 0.6 is 11.3 Å². The molecular weight excluding hydrogens is 406 g/mol. The number of carbonyl (C=O) groups is 1. The summed E-state index contributed by atoms with van der Waals surface area (Å²) >= 11 is 1.39. The van der Waals surface area contributed by atoms with Crippen molar-refractivity contribution in [2.75, 3.05) is 25.3 Å². The molecule has 0 spiro atoms. The second-order valence-corrected chi connectivity index (χ2v) is 7.57. The van der Waals surface area contributed by atoms with Crippen molar-refractivity contribution in [3.05, 3.63) is 70.4 Å². The maximum absolute atomic E-state index is 12.0. The third-order valence-electron chi connectivity index (χ3n) is 4.32. The average molecular weight is 427 g/mol. The zero-order chi connectivity index (χ0) is 20.8. The van der Waals surface area contributed by atoms with Gasteiger partial charge < -0.3 is 29.4 Å². The van der Waals surface area contributed by atoms with Crippen molar-refractivity contribution in [3.8, 4) is 17.2 Å². The van der Waals surface area contributed by atoms with Gasteiger partial charge >= 0.3 is 0 Å². The number of hydrogen-bond donors (Lipinski definition) is 2. The standard InChI is InChI=1S/C22H21NO6S/c24-17(12-26-11-15-3-8-19-20(10-15)29-14-28-19)13-27-18-6-4-16(5-7-18)23-22(25)21-2-1-9-30-21/h1-10,17,24H,11-14H2,(H,23,25). The third-order valence-corrected chi connectivity index (χ3v) is 5.18. The number of aliphatic hydroxyl groups is 1. The molecular formula is C22H21NO6S. The lowest BCUT2D eigenvalue weighted by Gasteiger charge is -2.13. The smallest absolute Gasteiger partial charge is 0.265 e. The molecule has 0 saturated heterocycles. The Kier molecular flexibility index (Phi) is 6.48. The summed E-state index contributed by atoms with van der Waals surface area (Å²) in [5.41, 5.74) is 1.61. The number of fused-ring (bicyclic) bond motifs is 1. The quantitative estimate of drug-likeness (QED) is 0.542. The fourth-order valence-electron chi connectivity index (χ4n) is 2.82. The van der Waals surface area contributed by atoms with Crippen LogP contribution in [0.4, 0.5) is 5.69 Å². The largest absolute Gasteiger partial charge is 0.491 e. The van der Waals surface area contributed by atoms with Gasteiger partial charge in [0.15, 0.2) is 11.5 Å². The average Bonchev–Trinajstić information content (AvgIpc) is 3.45. The molecule has 0 saturated carbocycles. The zero-order valence-corrected chi connectivity index (χ0v) is 16.9. The molecule has 1 aliphatic heterocycles. The first kappa shape index (κ1) is 20.2. The lowest BCUT2D eigenvalue weighted by molar-refractivity contribution is 0.00546. The first-order valence-corrected chi connectivity index (χ1v) is 10.3. The molecule has 1 amide bonds. The number of nitrogens with one attached hydrogen (secondary N) is 1. The molecule has 2 heterocycles. The summed E-state index contributed by atoms with van der Waals surface area (Å²) in [5, 5.41) is 14.8. The van der Waals surface area contributed by atoms with E-state index in [2.05, 4.69) is 5.32 Å². The van der Waals surface area contributed by atoms with E-state index < -0.39 is 6.10 Å². The van der Waals surface area contributed by atoms with Crippen molar-refractivity contribution < 1.29 is 28.8 Å². The fraction of sp³-hybridized carbons (Fsp3) is 0.227. The van der Waals surface area contributed by atoms with Gasteiger partial charge in [0.1, 0.15) is 18.5 Å². The summed E-state index contributed by atoms with van der Waals surface area (Å²) in [6, 6.07) is 16.2. The minimum absolute atomic E-state index is 0.0992. The van der Waals surface area contributed by atoms with Crippen molar-refractivity contribution in [2.24, 2.45) is 0 Å². The van der Waals surface area contributed by atoms with Crippen LogP contribution in [-0.4, -0.2) is 37.1 Å². The van der Waals surface area contributed by atoms with Gasteiger partial charge in [0.2, 0.25) is 6.79 Å². The van der Waals surface area contributed by atoms with Gasteiger partial charge in [-0.2, -0.15) is 0 Å². The third kappa shape index (κ3) is 5.29. The molecule has 30 heavy (non-hydrogen) atoms. The highest BCUT2D eigenvalue weighted by Gasteiger charge is 2.13. The van der Waals surface area contributed by atoms with Crippen molar-refractivity contribution in [2.45, 2.75) is 12.7 Å². The van der Waals surface area contributed by atoms with Crippen molar-refractivity contribution >= 4 is 22.9 Å². The molecule has 4 rings (SSSR count). The molecule has 0 aliphatic carbocycles. The first-order valence-electron chi connectivity index (χ1n) is 9.39. The number of benzene rings is 2. The van der Waals surface area contributed by atoms with Crippen LogP contribution < -0.4 is 19.5 Å². The lowest BCUT2D eigenvalue weighted by Crippen LogP contribution is -2.23. The van der Waals surface area contributed by atoms with Gasteiger partial charge in [0.25, 0.3) is 5.91 Å². The maximum atomic E-state index is 12.0. The van der Waals surface area contributed by atoms with Crippen molar-refractivity contribution in [3.63, 3.8) is 0 Å². The second kappa shape index (κ2) is 9.62.